The maximum Gasteiger partial charge on any atom is 0.416 e. The maximum atomic E-state index is 12.7. The summed E-state index contributed by atoms with van der Waals surface area (Å²) in [5, 5.41) is 0. The predicted molar refractivity (Wildman–Crippen MR) is 81.4 cm³/mol. The Morgan fingerprint density at radius 1 is 1.12 bits per heavy atom. The van der Waals surface area contributed by atoms with Crippen LogP contribution < -0.4 is 4.90 Å². The molecule has 5 nitrogen and oxygen atoms in total. The van der Waals surface area contributed by atoms with E-state index >= 15 is 0 Å². The highest BCUT2D eigenvalue weighted by Gasteiger charge is 2.37. The van der Waals surface area contributed by atoms with Gasteiger partial charge in [0.25, 0.3) is 0 Å². The van der Waals surface area contributed by atoms with Gasteiger partial charge in [-0.15, -0.1) is 0 Å². The third-order valence-corrected chi connectivity index (χ3v) is 4.57. The van der Waals surface area contributed by atoms with E-state index in [4.69, 9.17) is 0 Å². The SMILES string of the molecule is CC(=O)N1CCN2C(=O)CN(c3ccc(C(F)(F)F)cc3)CC2C1. The van der Waals surface area contributed by atoms with Gasteiger partial charge in [-0.25, -0.2) is 0 Å². The fourth-order valence-electron chi connectivity index (χ4n) is 3.26. The molecule has 0 bridgehead atoms. The normalized spacial score (nSPS) is 21.8. The first kappa shape index (κ1) is 16.6. The van der Waals surface area contributed by atoms with E-state index in [2.05, 4.69) is 0 Å². The number of hydrogen-bond donors (Lipinski definition) is 0. The molecular formula is C16H18F3N3O2. The third kappa shape index (κ3) is 3.18. The van der Waals surface area contributed by atoms with Gasteiger partial charge in [-0.1, -0.05) is 0 Å². The number of rotatable bonds is 1. The van der Waals surface area contributed by atoms with E-state index in [1.54, 1.807) is 14.7 Å². The van der Waals surface area contributed by atoms with Crippen molar-refractivity contribution in [1.29, 1.82) is 0 Å². The van der Waals surface area contributed by atoms with Gasteiger partial charge in [0.2, 0.25) is 11.8 Å². The van der Waals surface area contributed by atoms with Crippen LogP contribution in [0, 0.1) is 0 Å². The van der Waals surface area contributed by atoms with Gasteiger partial charge in [0.1, 0.15) is 0 Å². The smallest absolute Gasteiger partial charge is 0.360 e. The van der Waals surface area contributed by atoms with E-state index in [0.29, 0.717) is 31.9 Å². The number of carbonyl (C=O) groups is 2. The Morgan fingerprint density at radius 2 is 1.79 bits per heavy atom. The number of halogens is 3. The van der Waals surface area contributed by atoms with Crippen LogP contribution in [0.25, 0.3) is 0 Å². The molecule has 2 aliphatic heterocycles. The molecule has 2 amide bonds. The van der Waals surface area contributed by atoms with Crippen molar-refractivity contribution in [1.82, 2.24) is 9.80 Å². The van der Waals surface area contributed by atoms with Crippen LogP contribution in [0.1, 0.15) is 12.5 Å². The zero-order valence-electron chi connectivity index (χ0n) is 13.2. The summed E-state index contributed by atoms with van der Waals surface area (Å²) in [6.07, 6.45) is -4.38. The van der Waals surface area contributed by atoms with Crippen LogP contribution in [0.2, 0.25) is 0 Å². The molecule has 130 valence electrons. The van der Waals surface area contributed by atoms with Gasteiger partial charge < -0.3 is 14.7 Å². The highest BCUT2D eigenvalue weighted by atomic mass is 19.4. The third-order valence-electron chi connectivity index (χ3n) is 4.57. The summed E-state index contributed by atoms with van der Waals surface area (Å²) in [6.45, 7) is 3.62. The number of benzene rings is 1. The molecule has 1 aromatic carbocycles. The highest BCUT2D eigenvalue weighted by Crippen LogP contribution is 2.31. The van der Waals surface area contributed by atoms with Crippen LogP contribution in [0.5, 0.6) is 0 Å². The lowest BCUT2D eigenvalue weighted by molar-refractivity contribution is -0.142. The van der Waals surface area contributed by atoms with E-state index in [1.165, 1.54) is 19.1 Å². The minimum absolute atomic E-state index is 0.0336. The zero-order chi connectivity index (χ0) is 17.5. The second kappa shape index (κ2) is 5.99. The molecule has 1 atom stereocenters. The summed E-state index contributed by atoms with van der Waals surface area (Å²) in [5.74, 6) is -0.0943. The number of anilines is 1. The number of carbonyl (C=O) groups excluding carboxylic acids is 2. The van der Waals surface area contributed by atoms with Crippen molar-refractivity contribution >= 4 is 17.5 Å². The predicted octanol–water partition coefficient (Wildman–Crippen LogP) is 1.58. The Balaban J connectivity index is 1.76. The van der Waals surface area contributed by atoms with Crippen molar-refractivity contribution in [3.05, 3.63) is 29.8 Å². The summed E-state index contributed by atoms with van der Waals surface area (Å²) in [6, 6.07) is 4.68. The first-order valence-electron chi connectivity index (χ1n) is 7.73. The molecule has 3 rings (SSSR count). The molecule has 0 saturated carbocycles. The molecule has 8 heteroatoms. The van der Waals surface area contributed by atoms with Crippen molar-refractivity contribution in [2.45, 2.75) is 19.1 Å². The molecule has 24 heavy (non-hydrogen) atoms. The second-order valence-electron chi connectivity index (χ2n) is 6.13. The number of amides is 2. The van der Waals surface area contributed by atoms with Crippen molar-refractivity contribution in [3.63, 3.8) is 0 Å². The van der Waals surface area contributed by atoms with Gasteiger partial charge in [0.05, 0.1) is 18.2 Å². The molecule has 2 fully saturated rings. The molecule has 0 aromatic heterocycles. The molecule has 0 radical (unpaired) electrons. The summed E-state index contributed by atoms with van der Waals surface area (Å²) < 4.78 is 38.0. The van der Waals surface area contributed by atoms with Gasteiger partial charge in [-0.3, -0.25) is 9.59 Å². The van der Waals surface area contributed by atoms with Gasteiger partial charge >= 0.3 is 6.18 Å². The van der Waals surface area contributed by atoms with Crippen LogP contribution in [0.4, 0.5) is 18.9 Å². The van der Waals surface area contributed by atoms with Crippen LogP contribution >= 0.6 is 0 Å². The Labute approximate surface area is 137 Å². The second-order valence-corrected chi connectivity index (χ2v) is 6.13. The molecule has 0 N–H and O–H groups in total. The number of nitrogens with zero attached hydrogens (tertiary/aromatic N) is 3. The minimum atomic E-state index is -4.38. The minimum Gasteiger partial charge on any atom is -0.360 e. The number of piperazine rings is 2. The standard InChI is InChI=1S/C16H18F3N3O2/c1-11(23)20-6-7-22-14(8-20)9-21(10-15(22)24)13-4-2-12(3-5-13)16(17,18)19/h2-5,14H,6-10H2,1H3. The van der Waals surface area contributed by atoms with E-state index in [9.17, 15) is 22.8 Å². The van der Waals surface area contributed by atoms with Gasteiger partial charge in [0.15, 0.2) is 0 Å². The Hall–Kier alpha value is -2.25. The van der Waals surface area contributed by atoms with E-state index < -0.39 is 11.7 Å². The first-order valence-corrected chi connectivity index (χ1v) is 7.73. The van der Waals surface area contributed by atoms with E-state index in [1.807, 2.05) is 0 Å². The van der Waals surface area contributed by atoms with Crippen LogP contribution in [-0.4, -0.2) is 60.4 Å². The largest absolute Gasteiger partial charge is 0.416 e. The van der Waals surface area contributed by atoms with E-state index in [-0.39, 0.29) is 24.4 Å². The van der Waals surface area contributed by atoms with Crippen LogP contribution in [0.3, 0.4) is 0 Å². The monoisotopic (exact) mass is 341 g/mol. The molecule has 0 spiro atoms. The summed E-state index contributed by atoms with van der Waals surface area (Å²) in [4.78, 5) is 29.1. The number of hydrogen-bond acceptors (Lipinski definition) is 3. The Bertz CT molecular complexity index is 645. The molecular weight excluding hydrogens is 323 g/mol. The molecule has 2 heterocycles. The van der Waals surface area contributed by atoms with Gasteiger partial charge in [0, 0.05) is 38.8 Å². The zero-order valence-corrected chi connectivity index (χ0v) is 13.2. The molecule has 2 saturated heterocycles. The molecule has 2 aliphatic rings. The van der Waals surface area contributed by atoms with E-state index in [0.717, 1.165) is 12.1 Å². The average molecular weight is 341 g/mol. The lowest BCUT2D eigenvalue weighted by Gasteiger charge is -2.47. The lowest BCUT2D eigenvalue weighted by atomic mass is 10.1. The lowest BCUT2D eigenvalue weighted by Crippen LogP contribution is -2.64. The fourth-order valence-corrected chi connectivity index (χ4v) is 3.26. The van der Waals surface area contributed by atoms with Gasteiger partial charge in [-0.2, -0.15) is 13.2 Å². The number of fused-ring (bicyclic) bond motifs is 1. The highest BCUT2D eigenvalue weighted by molar-refractivity contribution is 5.84. The fraction of sp³-hybridized carbons (Fsp3) is 0.500. The average Bonchev–Trinajstić information content (AvgIpc) is 2.53. The van der Waals surface area contributed by atoms with Crippen molar-refractivity contribution in [2.24, 2.45) is 0 Å². The summed E-state index contributed by atoms with van der Waals surface area (Å²) >= 11 is 0. The Morgan fingerprint density at radius 3 is 2.38 bits per heavy atom. The van der Waals surface area contributed by atoms with Crippen molar-refractivity contribution in [3.8, 4) is 0 Å². The Kier molecular flexibility index (Phi) is 4.15. The number of alkyl halides is 3. The summed E-state index contributed by atoms with van der Waals surface area (Å²) in [7, 11) is 0. The topological polar surface area (TPSA) is 43.9 Å². The molecule has 1 unspecified atom stereocenters. The summed E-state index contributed by atoms with van der Waals surface area (Å²) in [5.41, 5.74) is -0.132. The first-order chi connectivity index (χ1) is 11.3. The quantitative estimate of drug-likeness (QED) is 0.779. The molecule has 1 aromatic rings. The van der Waals surface area contributed by atoms with Crippen molar-refractivity contribution in [2.75, 3.05) is 37.6 Å². The molecule has 0 aliphatic carbocycles. The van der Waals surface area contributed by atoms with Gasteiger partial charge in [-0.05, 0) is 24.3 Å². The van der Waals surface area contributed by atoms with Crippen LogP contribution in [0.15, 0.2) is 24.3 Å². The van der Waals surface area contributed by atoms with Crippen molar-refractivity contribution < 1.29 is 22.8 Å². The van der Waals surface area contributed by atoms with Crippen LogP contribution in [-0.2, 0) is 15.8 Å². The maximum absolute atomic E-state index is 12.7.